The van der Waals surface area contributed by atoms with E-state index in [0.717, 1.165) is 0 Å². The molecular weight excluding hydrogens is 164 g/mol. The topological polar surface area (TPSA) is 98.0 Å². The van der Waals surface area contributed by atoms with Crippen molar-refractivity contribution in [2.24, 2.45) is 0 Å². The smallest absolute Gasteiger partial charge is 0.332 e. The van der Waals surface area contributed by atoms with E-state index < -0.39 is 24.3 Å². The van der Waals surface area contributed by atoms with Crippen molar-refractivity contribution < 1.29 is 25.2 Å². The summed E-state index contributed by atoms with van der Waals surface area (Å²) in [7, 11) is 0. The summed E-state index contributed by atoms with van der Waals surface area (Å²) >= 11 is 0. The summed E-state index contributed by atoms with van der Waals surface area (Å²) in [5.41, 5.74) is 0. The van der Waals surface area contributed by atoms with Gasteiger partial charge < -0.3 is 20.4 Å². The van der Waals surface area contributed by atoms with Crippen molar-refractivity contribution in [3.05, 3.63) is 0 Å². The molecule has 0 amide bonds. The van der Waals surface area contributed by atoms with Crippen LogP contribution in [0.2, 0.25) is 0 Å². The monoisotopic (exact) mass is 178 g/mol. The fourth-order valence-corrected chi connectivity index (χ4v) is 0.693. The minimum absolute atomic E-state index is 0.0542. The Labute approximate surface area is 70.3 Å². The van der Waals surface area contributed by atoms with E-state index in [1.165, 1.54) is 6.92 Å². The highest BCUT2D eigenvalue weighted by molar-refractivity contribution is 5.71. The molecule has 0 spiro atoms. The molecule has 0 aromatic carbocycles. The Bertz CT molecular complexity index is 145. The Morgan fingerprint density at radius 1 is 1.25 bits per heavy atom. The molecule has 0 aliphatic rings. The van der Waals surface area contributed by atoms with Gasteiger partial charge in [-0.3, -0.25) is 0 Å². The van der Waals surface area contributed by atoms with Crippen LogP contribution in [-0.2, 0) is 4.79 Å². The molecule has 0 fully saturated rings. The van der Waals surface area contributed by atoms with Gasteiger partial charge in [0, 0.05) is 0 Å². The summed E-state index contributed by atoms with van der Waals surface area (Å²) in [5.74, 6) is -1.31. The second-order valence-electron chi connectivity index (χ2n) is 2.74. The Morgan fingerprint density at radius 3 is 2.08 bits per heavy atom. The quantitative estimate of drug-likeness (QED) is 0.431. The number of carboxylic acid groups (broad SMARTS) is 1. The zero-order valence-corrected chi connectivity index (χ0v) is 6.84. The zero-order valence-electron chi connectivity index (χ0n) is 6.84. The van der Waals surface area contributed by atoms with Crippen LogP contribution >= 0.6 is 0 Å². The van der Waals surface area contributed by atoms with Crippen molar-refractivity contribution in [3.63, 3.8) is 0 Å². The van der Waals surface area contributed by atoms with Crippen molar-refractivity contribution >= 4 is 5.97 Å². The van der Waals surface area contributed by atoms with Crippen LogP contribution in [0.3, 0.4) is 0 Å². The van der Waals surface area contributed by atoms with Gasteiger partial charge in [0.2, 0.25) is 0 Å². The molecule has 0 aromatic heterocycles. The van der Waals surface area contributed by atoms with Crippen LogP contribution in [0.15, 0.2) is 0 Å². The fraction of sp³-hybridized carbons (Fsp3) is 0.857. The van der Waals surface area contributed by atoms with E-state index in [0.29, 0.717) is 0 Å². The molecule has 0 radical (unpaired) electrons. The maximum atomic E-state index is 10.1. The zero-order chi connectivity index (χ0) is 9.72. The number of hydrogen-bond donors (Lipinski definition) is 4. The van der Waals surface area contributed by atoms with Gasteiger partial charge in [0.15, 0.2) is 6.10 Å². The Balaban J connectivity index is 3.61. The van der Waals surface area contributed by atoms with E-state index in [-0.39, 0.29) is 12.8 Å². The first-order valence-electron chi connectivity index (χ1n) is 3.72. The molecule has 5 heteroatoms. The summed E-state index contributed by atoms with van der Waals surface area (Å²) < 4.78 is 0. The Kier molecular flexibility index (Phi) is 4.80. The molecule has 0 bridgehead atoms. The summed E-state index contributed by atoms with van der Waals surface area (Å²) in [6.45, 7) is 1.40. The van der Waals surface area contributed by atoms with Crippen LogP contribution in [0.1, 0.15) is 19.8 Å². The normalized spacial score (nSPS) is 18.3. The van der Waals surface area contributed by atoms with Gasteiger partial charge in [-0.2, -0.15) is 0 Å². The van der Waals surface area contributed by atoms with Crippen molar-refractivity contribution in [1.82, 2.24) is 0 Å². The highest BCUT2D eigenvalue weighted by Gasteiger charge is 2.17. The van der Waals surface area contributed by atoms with Gasteiger partial charge in [-0.05, 0) is 19.8 Å². The van der Waals surface area contributed by atoms with Gasteiger partial charge in [-0.1, -0.05) is 0 Å². The van der Waals surface area contributed by atoms with Crippen LogP contribution in [0.25, 0.3) is 0 Å². The largest absolute Gasteiger partial charge is 0.479 e. The van der Waals surface area contributed by atoms with E-state index in [1.807, 2.05) is 0 Å². The molecule has 0 aromatic rings. The number of hydrogen-bond acceptors (Lipinski definition) is 4. The summed E-state index contributed by atoms with van der Waals surface area (Å²) in [4.78, 5) is 10.1. The lowest BCUT2D eigenvalue weighted by molar-refractivity contribution is -0.147. The third kappa shape index (κ3) is 4.27. The number of aliphatic carboxylic acids is 1. The number of carbonyl (C=O) groups is 1. The highest BCUT2D eigenvalue weighted by Crippen LogP contribution is 2.05. The van der Waals surface area contributed by atoms with E-state index in [4.69, 9.17) is 20.4 Å². The van der Waals surface area contributed by atoms with E-state index >= 15 is 0 Å². The molecule has 0 aliphatic heterocycles. The van der Waals surface area contributed by atoms with E-state index in [1.54, 1.807) is 0 Å². The molecule has 0 heterocycles. The second-order valence-corrected chi connectivity index (χ2v) is 2.74. The number of aliphatic hydroxyl groups excluding tert-OH is 3. The van der Waals surface area contributed by atoms with Gasteiger partial charge in [0.05, 0.1) is 12.2 Å². The second kappa shape index (κ2) is 5.08. The maximum absolute atomic E-state index is 10.1. The molecular formula is C7H14O5. The summed E-state index contributed by atoms with van der Waals surface area (Å²) in [6, 6.07) is 0. The van der Waals surface area contributed by atoms with Crippen molar-refractivity contribution in [2.45, 2.75) is 38.1 Å². The predicted octanol–water partition coefficient (Wildman–Crippen LogP) is -1.05. The number of carboxylic acids is 1. The molecule has 0 saturated heterocycles. The molecule has 72 valence electrons. The third-order valence-electron chi connectivity index (χ3n) is 1.58. The minimum atomic E-state index is -1.46. The first-order valence-corrected chi connectivity index (χ1v) is 3.72. The van der Waals surface area contributed by atoms with Crippen LogP contribution in [0.4, 0.5) is 0 Å². The van der Waals surface area contributed by atoms with Crippen LogP contribution in [0.5, 0.6) is 0 Å². The number of rotatable bonds is 5. The van der Waals surface area contributed by atoms with Crippen molar-refractivity contribution in [1.29, 1.82) is 0 Å². The van der Waals surface area contributed by atoms with Crippen LogP contribution in [-0.4, -0.2) is 44.7 Å². The summed E-state index contributed by atoms with van der Waals surface area (Å²) in [5, 5.41) is 34.8. The fourth-order valence-electron chi connectivity index (χ4n) is 0.693. The average Bonchev–Trinajstić information content (AvgIpc) is 1.98. The van der Waals surface area contributed by atoms with Gasteiger partial charge in [-0.15, -0.1) is 0 Å². The average molecular weight is 178 g/mol. The van der Waals surface area contributed by atoms with Crippen LogP contribution < -0.4 is 0 Å². The standard InChI is InChI=1S/C7H14O5/c1-4(8)5(9)2-3-6(10)7(11)12/h4-6,8-10H,2-3H2,1H3,(H,11,12). The molecule has 0 rings (SSSR count). The molecule has 5 nitrogen and oxygen atoms in total. The molecule has 12 heavy (non-hydrogen) atoms. The van der Waals surface area contributed by atoms with E-state index in [2.05, 4.69) is 0 Å². The van der Waals surface area contributed by atoms with Crippen LogP contribution in [0, 0.1) is 0 Å². The van der Waals surface area contributed by atoms with Gasteiger partial charge in [0.25, 0.3) is 0 Å². The summed E-state index contributed by atoms with van der Waals surface area (Å²) in [6.07, 6.45) is -3.31. The Morgan fingerprint density at radius 2 is 1.75 bits per heavy atom. The van der Waals surface area contributed by atoms with Gasteiger partial charge in [0.1, 0.15) is 0 Å². The number of aliphatic hydroxyl groups is 3. The van der Waals surface area contributed by atoms with Gasteiger partial charge >= 0.3 is 5.97 Å². The molecule has 0 saturated carbocycles. The predicted molar refractivity (Wildman–Crippen MR) is 40.6 cm³/mol. The molecule has 4 N–H and O–H groups in total. The third-order valence-corrected chi connectivity index (χ3v) is 1.58. The first-order chi connectivity index (χ1) is 5.45. The molecule has 0 aliphatic carbocycles. The minimum Gasteiger partial charge on any atom is -0.479 e. The first kappa shape index (κ1) is 11.4. The van der Waals surface area contributed by atoms with Gasteiger partial charge in [-0.25, -0.2) is 4.79 Å². The molecule has 3 atom stereocenters. The Hall–Kier alpha value is -0.650. The SMILES string of the molecule is CC(O)C(O)CCC(O)C(=O)O. The van der Waals surface area contributed by atoms with E-state index in [9.17, 15) is 4.79 Å². The van der Waals surface area contributed by atoms with Crippen molar-refractivity contribution in [3.8, 4) is 0 Å². The highest BCUT2D eigenvalue weighted by atomic mass is 16.4. The molecule has 3 unspecified atom stereocenters. The maximum Gasteiger partial charge on any atom is 0.332 e. The lowest BCUT2D eigenvalue weighted by atomic mass is 10.1. The van der Waals surface area contributed by atoms with Crippen molar-refractivity contribution in [2.75, 3.05) is 0 Å². The lowest BCUT2D eigenvalue weighted by Crippen LogP contribution is -2.26. The lowest BCUT2D eigenvalue weighted by Gasteiger charge is -2.13.